The molecule has 0 aromatic heterocycles. The summed E-state index contributed by atoms with van der Waals surface area (Å²) in [6.45, 7) is 0.573. The summed E-state index contributed by atoms with van der Waals surface area (Å²) < 4.78 is 4.74. The van der Waals surface area contributed by atoms with Crippen LogP contribution >= 0.6 is 0 Å². The van der Waals surface area contributed by atoms with Crippen molar-refractivity contribution in [3.05, 3.63) is 78.4 Å². The molecule has 0 atom stereocenters. The quantitative estimate of drug-likeness (QED) is 0.360. The Morgan fingerprint density at radius 2 is 1.51 bits per heavy atom. The maximum atomic E-state index is 13.7. The highest BCUT2D eigenvalue weighted by Gasteiger charge is 2.27. The predicted octanol–water partition coefficient (Wildman–Crippen LogP) is 6.12. The van der Waals surface area contributed by atoms with Crippen molar-refractivity contribution in [2.75, 3.05) is 42.9 Å². The Labute approximate surface area is 220 Å². The number of rotatable bonds is 9. The van der Waals surface area contributed by atoms with Gasteiger partial charge in [-0.2, -0.15) is 0 Å². The highest BCUT2D eigenvalue weighted by molar-refractivity contribution is 5.95. The van der Waals surface area contributed by atoms with Crippen molar-refractivity contribution >= 4 is 28.9 Å². The monoisotopic (exact) mass is 499 g/mol. The highest BCUT2D eigenvalue weighted by Crippen LogP contribution is 2.30. The average molecular weight is 500 g/mol. The molecule has 37 heavy (non-hydrogen) atoms. The molecule has 0 saturated heterocycles. The molecule has 194 valence electrons. The first kappa shape index (κ1) is 26.3. The molecule has 0 heterocycles. The molecule has 1 amide bonds. The number of nitrogens with zero attached hydrogens (tertiary/aromatic N) is 2. The molecule has 6 heteroatoms. The van der Waals surface area contributed by atoms with E-state index in [0.29, 0.717) is 6.54 Å². The van der Waals surface area contributed by atoms with E-state index in [2.05, 4.69) is 58.7 Å². The molecule has 1 saturated carbocycles. The van der Waals surface area contributed by atoms with E-state index in [-0.39, 0.29) is 24.3 Å². The van der Waals surface area contributed by atoms with Crippen molar-refractivity contribution in [3.63, 3.8) is 0 Å². The summed E-state index contributed by atoms with van der Waals surface area (Å²) in [5.74, 6) is -0.111. The molecular formula is C31H37N3O3. The van der Waals surface area contributed by atoms with Crippen LogP contribution in [0.1, 0.15) is 37.7 Å². The summed E-state index contributed by atoms with van der Waals surface area (Å²) in [7, 11) is 5.44. The number of carbonyl (C=O) groups is 2. The number of ether oxygens (including phenoxy) is 1. The first-order valence-electron chi connectivity index (χ1n) is 13.0. The number of amides is 1. The van der Waals surface area contributed by atoms with E-state index in [1.54, 1.807) is 0 Å². The van der Waals surface area contributed by atoms with Crippen LogP contribution in [0.5, 0.6) is 0 Å². The summed E-state index contributed by atoms with van der Waals surface area (Å²) in [6.07, 6.45) is 5.29. The van der Waals surface area contributed by atoms with Gasteiger partial charge in [-0.15, -0.1) is 0 Å². The van der Waals surface area contributed by atoms with Crippen LogP contribution in [0.3, 0.4) is 0 Å². The molecule has 6 nitrogen and oxygen atoms in total. The molecule has 1 fully saturated rings. The summed E-state index contributed by atoms with van der Waals surface area (Å²) in [5.41, 5.74) is 6.16. The second kappa shape index (κ2) is 12.4. The van der Waals surface area contributed by atoms with Crippen molar-refractivity contribution in [1.29, 1.82) is 0 Å². The number of benzene rings is 3. The third-order valence-corrected chi connectivity index (χ3v) is 7.05. The van der Waals surface area contributed by atoms with Gasteiger partial charge in [-0.05, 0) is 59.9 Å². The van der Waals surface area contributed by atoms with E-state index in [0.717, 1.165) is 53.7 Å². The smallest absolute Gasteiger partial charge is 0.325 e. The van der Waals surface area contributed by atoms with Crippen molar-refractivity contribution in [2.45, 2.75) is 38.6 Å². The van der Waals surface area contributed by atoms with Gasteiger partial charge in [0.2, 0.25) is 5.91 Å². The minimum atomic E-state index is -0.336. The van der Waals surface area contributed by atoms with Gasteiger partial charge < -0.3 is 19.9 Å². The van der Waals surface area contributed by atoms with Gasteiger partial charge in [0.15, 0.2) is 0 Å². The number of anilines is 3. The molecule has 1 N–H and O–H groups in total. The van der Waals surface area contributed by atoms with Crippen molar-refractivity contribution in [3.8, 4) is 11.1 Å². The summed E-state index contributed by atoms with van der Waals surface area (Å²) >= 11 is 0. The Kier molecular flexibility index (Phi) is 8.83. The van der Waals surface area contributed by atoms with Crippen LogP contribution in [0.2, 0.25) is 0 Å². The number of hydrogen-bond acceptors (Lipinski definition) is 5. The van der Waals surface area contributed by atoms with E-state index >= 15 is 0 Å². The lowest BCUT2D eigenvalue weighted by molar-refractivity contribution is -0.138. The molecule has 0 radical (unpaired) electrons. The van der Waals surface area contributed by atoms with Crippen molar-refractivity contribution < 1.29 is 14.3 Å². The van der Waals surface area contributed by atoms with E-state index < -0.39 is 0 Å². The number of nitrogens with one attached hydrogen (secondary N) is 1. The molecule has 0 bridgehead atoms. The lowest BCUT2D eigenvalue weighted by Gasteiger charge is -2.30. The summed E-state index contributed by atoms with van der Waals surface area (Å²) in [6, 6.07) is 24.7. The van der Waals surface area contributed by atoms with Gasteiger partial charge in [0.1, 0.15) is 6.54 Å². The molecule has 3 aromatic rings. The molecule has 1 aliphatic carbocycles. The fraction of sp³-hybridized carbons (Fsp3) is 0.355. The Morgan fingerprint density at radius 1 is 0.865 bits per heavy atom. The van der Waals surface area contributed by atoms with Gasteiger partial charge in [0, 0.05) is 37.1 Å². The summed E-state index contributed by atoms with van der Waals surface area (Å²) in [5, 5.41) is 3.09. The van der Waals surface area contributed by atoms with Crippen molar-refractivity contribution in [2.24, 2.45) is 5.92 Å². The lowest BCUT2D eigenvalue weighted by atomic mass is 9.88. The van der Waals surface area contributed by atoms with Gasteiger partial charge in [0.05, 0.1) is 13.7 Å². The van der Waals surface area contributed by atoms with Crippen LogP contribution in [0.15, 0.2) is 72.8 Å². The fourth-order valence-electron chi connectivity index (χ4n) is 4.83. The Bertz CT molecular complexity index is 1180. The Morgan fingerprint density at radius 3 is 2.14 bits per heavy atom. The topological polar surface area (TPSA) is 61.9 Å². The molecule has 0 aliphatic heterocycles. The zero-order chi connectivity index (χ0) is 26.2. The second-order valence-corrected chi connectivity index (χ2v) is 9.88. The van der Waals surface area contributed by atoms with E-state index in [9.17, 15) is 9.59 Å². The van der Waals surface area contributed by atoms with Crippen LogP contribution < -0.4 is 15.1 Å². The minimum absolute atomic E-state index is 0.0509. The average Bonchev–Trinajstić information content (AvgIpc) is 2.95. The van der Waals surface area contributed by atoms with Gasteiger partial charge >= 0.3 is 5.97 Å². The van der Waals surface area contributed by atoms with Gasteiger partial charge in [0.25, 0.3) is 0 Å². The maximum absolute atomic E-state index is 13.7. The largest absolute Gasteiger partial charge is 0.468 e. The highest BCUT2D eigenvalue weighted by atomic mass is 16.5. The minimum Gasteiger partial charge on any atom is -0.468 e. The normalized spacial score (nSPS) is 13.6. The van der Waals surface area contributed by atoms with E-state index in [1.807, 2.05) is 43.3 Å². The maximum Gasteiger partial charge on any atom is 0.325 e. The van der Waals surface area contributed by atoms with Gasteiger partial charge in [-0.3, -0.25) is 9.59 Å². The van der Waals surface area contributed by atoms with Crippen molar-refractivity contribution in [1.82, 2.24) is 0 Å². The molecule has 1 aliphatic rings. The zero-order valence-corrected chi connectivity index (χ0v) is 22.1. The number of esters is 1. The molecule has 0 unspecified atom stereocenters. The van der Waals surface area contributed by atoms with Crippen LogP contribution in [-0.2, 0) is 20.9 Å². The summed E-state index contributed by atoms with van der Waals surface area (Å²) in [4.78, 5) is 29.3. The first-order chi connectivity index (χ1) is 17.9. The molecule has 3 aromatic carbocycles. The number of methoxy groups -OCH3 is 1. The zero-order valence-electron chi connectivity index (χ0n) is 22.1. The van der Waals surface area contributed by atoms with Gasteiger partial charge in [-0.25, -0.2) is 0 Å². The van der Waals surface area contributed by atoms with E-state index in [1.165, 1.54) is 19.2 Å². The molecular weight excluding hydrogens is 462 g/mol. The van der Waals surface area contributed by atoms with E-state index in [4.69, 9.17) is 4.74 Å². The van der Waals surface area contributed by atoms with Crippen LogP contribution in [-0.4, -0.2) is 39.6 Å². The lowest BCUT2D eigenvalue weighted by Crippen LogP contribution is -2.36. The van der Waals surface area contributed by atoms with Crippen LogP contribution in [0.25, 0.3) is 11.1 Å². The Balaban J connectivity index is 1.55. The SMILES string of the molecule is COC(=O)CNc1cccc(N(Cc2ccc(-c3ccc(N(C)C)cc3)cc2)C(=O)C2CCCCC2)c1. The van der Waals surface area contributed by atoms with Gasteiger partial charge in [-0.1, -0.05) is 61.7 Å². The molecule has 4 rings (SSSR count). The first-order valence-corrected chi connectivity index (χ1v) is 13.0. The predicted molar refractivity (Wildman–Crippen MR) is 151 cm³/mol. The standard InChI is InChI=1S/C31H37N3O3/c1-33(2)28-18-16-25(17-19-28)24-14-12-23(13-15-24)22-34(31(36)26-8-5-4-6-9-26)29-11-7-10-27(20-29)32-21-30(35)37-3/h7,10-20,26,32H,4-6,8-9,21-22H2,1-3H3. The number of carbonyl (C=O) groups excluding carboxylic acids is 2. The van der Waals surface area contributed by atoms with Crippen LogP contribution in [0, 0.1) is 5.92 Å². The number of hydrogen-bond donors (Lipinski definition) is 1. The Hall–Kier alpha value is -3.80. The molecule has 0 spiro atoms. The third-order valence-electron chi connectivity index (χ3n) is 7.05. The second-order valence-electron chi connectivity index (χ2n) is 9.88. The fourth-order valence-corrected chi connectivity index (χ4v) is 4.83. The third kappa shape index (κ3) is 6.91. The van der Waals surface area contributed by atoms with Crippen LogP contribution in [0.4, 0.5) is 17.1 Å².